The van der Waals surface area contributed by atoms with E-state index in [4.69, 9.17) is 0 Å². The van der Waals surface area contributed by atoms with Gasteiger partial charge in [0.1, 0.15) is 0 Å². The van der Waals surface area contributed by atoms with Crippen LogP contribution >= 0.6 is 7.60 Å². The zero-order valence-electron chi connectivity index (χ0n) is 26.5. The fourth-order valence-corrected chi connectivity index (χ4v) is 16.1. The SMILES string of the molecule is CCCCCCCCCCCCCCC(CCCCCCCCCCCCCC)(P(=O)(O)O)[As+](C)(C)C.[I-]. The van der Waals surface area contributed by atoms with Crippen LogP contribution in [0.5, 0.6) is 0 Å². The van der Waals surface area contributed by atoms with Crippen molar-refractivity contribution in [3.8, 4) is 0 Å². The van der Waals surface area contributed by atoms with Crippen molar-refractivity contribution in [3.63, 3.8) is 0 Å². The first-order chi connectivity index (χ1) is 17.6. The van der Waals surface area contributed by atoms with Crippen LogP contribution in [0, 0.1) is 0 Å². The van der Waals surface area contributed by atoms with E-state index in [9.17, 15) is 14.4 Å². The topological polar surface area (TPSA) is 57.5 Å². The molecular formula is C32H69AsIO3P. The Balaban J connectivity index is 0. The van der Waals surface area contributed by atoms with Gasteiger partial charge in [0, 0.05) is 0 Å². The third-order valence-corrected chi connectivity index (χ3v) is 21.1. The quantitative estimate of drug-likeness (QED) is 0.0366. The van der Waals surface area contributed by atoms with E-state index in [1.54, 1.807) is 0 Å². The van der Waals surface area contributed by atoms with Crippen LogP contribution in [0.15, 0.2) is 0 Å². The van der Waals surface area contributed by atoms with Crippen molar-refractivity contribution in [1.82, 2.24) is 0 Å². The molecule has 0 aliphatic heterocycles. The fraction of sp³-hybridized carbons (Fsp3) is 1.00. The molecule has 0 amide bonds. The van der Waals surface area contributed by atoms with Gasteiger partial charge < -0.3 is 24.0 Å². The minimum atomic E-state index is -4.12. The molecule has 0 aliphatic carbocycles. The zero-order chi connectivity index (χ0) is 27.9. The van der Waals surface area contributed by atoms with Gasteiger partial charge in [-0.05, 0) is 0 Å². The molecule has 0 radical (unpaired) electrons. The van der Waals surface area contributed by atoms with E-state index >= 15 is 0 Å². The van der Waals surface area contributed by atoms with Gasteiger partial charge in [0.05, 0.1) is 0 Å². The monoisotopic (exact) mass is 734 g/mol. The molecule has 0 unspecified atom stereocenters. The molecule has 0 saturated heterocycles. The van der Waals surface area contributed by atoms with Gasteiger partial charge in [0.2, 0.25) is 0 Å². The molecule has 0 rings (SSSR count). The summed E-state index contributed by atoms with van der Waals surface area (Å²) in [6.45, 7) is 4.54. The molecule has 6 heteroatoms. The molecule has 0 heterocycles. The molecular weight excluding hydrogens is 665 g/mol. The Hall–Kier alpha value is 1.44. The maximum Gasteiger partial charge on any atom is -1.00 e. The Bertz CT molecular complexity index is 519. The van der Waals surface area contributed by atoms with E-state index in [1.807, 2.05) is 0 Å². The largest absolute Gasteiger partial charge is 1.00 e. The van der Waals surface area contributed by atoms with Crippen molar-refractivity contribution in [3.05, 3.63) is 0 Å². The molecule has 0 atom stereocenters. The summed E-state index contributed by atoms with van der Waals surface area (Å²) in [5.74, 6) is 0. The summed E-state index contributed by atoms with van der Waals surface area (Å²) in [6.07, 6.45) is 32.6. The van der Waals surface area contributed by atoms with E-state index < -0.39 is 25.1 Å². The molecule has 232 valence electrons. The normalized spacial score (nSPS) is 12.6. The van der Waals surface area contributed by atoms with Crippen LogP contribution in [-0.2, 0) is 4.57 Å². The summed E-state index contributed by atoms with van der Waals surface area (Å²) in [6, 6.07) is 0. The van der Waals surface area contributed by atoms with Crippen molar-refractivity contribution >= 4 is 21.1 Å². The number of rotatable bonds is 28. The summed E-state index contributed by atoms with van der Waals surface area (Å²) in [4.78, 5) is 21.1. The third kappa shape index (κ3) is 20.3. The molecule has 0 fully saturated rings. The first-order valence-electron chi connectivity index (χ1n) is 16.5. The van der Waals surface area contributed by atoms with Crippen LogP contribution < -0.4 is 24.0 Å². The molecule has 2 N–H and O–H groups in total. The molecule has 0 bridgehead atoms. The fourth-order valence-electron chi connectivity index (χ4n) is 5.98. The van der Waals surface area contributed by atoms with Crippen LogP contribution in [0.3, 0.4) is 0 Å². The van der Waals surface area contributed by atoms with Gasteiger partial charge in [0.15, 0.2) is 0 Å². The predicted octanol–water partition coefficient (Wildman–Crippen LogP) is 8.97. The molecule has 0 aromatic rings. The molecule has 38 heavy (non-hydrogen) atoms. The smallest absolute Gasteiger partial charge is 1.00 e. The Morgan fingerprint density at radius 1 is 0.474 bits per heavy atom. The van der Waals surface area contributed by atoms with Crippen LogP contribution in [0.2, 0.25) is 17.1 Å². The van der Waals surface area contributed by atoms with Gasteiger partial charge in [-0.15, -0.1) is 0 Å². The first-order valence-corrected chi connectivity index (χ1v) is 24.7. The van der Waals surface area contributed by atoms with E-state index in [2.05, 4.69) is 31.0 Å². The van der Waals surface area contributed by atoms with Gasteiger partial charge in [-0.3, -0.25) is 0 Å². The first kappa shape index (κ1) is 41.6. The van der Waals surface area contributed by atoms with Gasteiger partial charge in [-0.25, -0.2) is 0 Å². The van der Waals surface area contributed by atoms with Crippen molar-refractivity contribution in [2.24, 2.45) is 0 Å². The van der Waals surface area contributed by atoms with E-state index in [1.165, 1.54) is 128 Å². The Kier molecular flexibility index (Phi) is 28.5. The minimum absolute atomic E-state index is 0. The van der Waals surface area contributed by atoms with E-state index in [0.29, 0.717) is 0 Å². The minimum Gasteiger partial charge on any atom is -1.00 e. The number of hydrogen-bond acceptors (Lipinski definition) is 1. The molecule has 0 aromatic carbocycles. The number of hydrogen-bond donors (Lipinski definition) is 2. The molecule has 0 saturated carbocycles. The third-order valence-electron chi connectivity index (χ3n) is 8.65. The van der Waals surface area contributed by atoms with Crippen LogP contribution in [0.4, 0.5) is 0 Å². The average Bonchev–Trinajstić information content (AvgIpc) is 2.82. The summed E-state index contributed by atoms with van der Waals surface area (Å²) < 4.78 is 12.2. The second kappa shape index (κ2) is 26.1. The van der Waals surface area contributed by atoms with Crippen molar-refractivity contribution in [2.75, 3.05) is 0 Å². The van der Waals surface area contributed by atoms with Crippen molar-refractivity contribution in [1.29, 1.82) is 0 Å². The molecule has 0 aliphatic rings. The molecule has 3 nitrogen and oxygen atoms in total. The van der Waals surface area contributed by atoms with E-state index in [-0.39, 0.29) is 24.0 Å². The Morgan fingerprint density at radius 2 is 0.684 bits per heavy atom. The van der Waals surface area contributed by atoms with E-state index in [0.717, 1.165) is 38.5 Å². The standard InChI is InChI=1S/C32H68AsO3P.HI/c1-6-8-10-12-14-16-18-20-22-24-26-28-30-32(33(3,4)5,37(34,35)36)31-29-27-25-23-21-19-17-15-13-11-9-7-2;/h6-31H2,1-5H3,(H-,34,35,36);1H. The van der Waals surface area contributed by atoms with Crippen LogP contribution in [0.25, 0.3) is 0 Å². The zero-order valence-corrected chi connectivity index (χ0v) is 31.4. The second-order valence-corrected chi connectivity index (χ2v) is 25.8. The maximum atomic E-state index is 12.9. The van der Waals surface area contributed by atoms with Gasteiger partial charge in [-0.1, -0.05) is 39.5 Å². The summed E-state index contributed by atoms with van der Waals surface area (Å²) in [5, 5.41) is 0. The predicted molar refractivity (Wildman–Crippen MR) is 170 cm³/mol. The second-order valence-electron chi connectivity index (χ2n) is 12.8. The van der Waals surface area contributed by atoms with Gasteiger partial charge >= 0.3 is 198 Å². The van der Waals surface area contributed by atoms with Crippen molar-refractivity contribution in [2.45, 2.75) is 202 Å². The summed E-state index contributed by atoms with van der Waals surface area (Å²) in [7, 11) is -4.12. The van der Waals surface area contributed by atoms with Crippen LogP contribution in [-0.4, -0.2) is 27.3 Å². The molecule has 0 spiro atoms. The Morgan fingerprint density at radius 3 is 0.868 bits per heavy atom. The van der Waals surface area contributed by atoms with Crippen LogP contribution in [0.1, 0.15) is 181 Å². The number of unbranched alkanes of at least 4 members (excludes halogenated alkanes) is 22. The summed E-state index contributed by atoms with van der Waals surface area (Å²) >= 11 is -2.43. The summed E-state index contributed by atoms with van der Waals surface area (Å²) in [5.41, 5.74) is 6.66. The molecule has 0 aromatic heterocycles. The van der Waals surface area contributed by atoms with Crippen molar-refractivity contribution < 1.29 is 38.3 Å². The van der Waals surface area contributed by atoms with Gasteiger partial charge in [0.25, 0.3) is 0 Å². The van der Waals surface area contributed by atoms with Gasteiger partial charge in [-0.2, -0.15) is 0 Å². The average molecular weight is 735 g/mol. The maximum absolute atomic E-state index is 12.9. The Labute approximate surface area is 259 Å². The number of halogens is 1.